The average Bonchev–Trinajstić information content (AvgIpc) is 2.14. The average molecular weight is 118 g/mol. The third-order valence-electron chi connectivity index (χ3n) is 0.817. The first-order chi connectivity index (χ1) is 3.83. The van der Waals surface area contributed by atoms with Crippen molar-refractivity contribution in [3.05, 3.63) is 12.3 Å². The topological polar surface area (TPSA) is 27.1 Å². The van der Waals surface area contributed by atoms with Gasteiger partial charge in [0, 0.05) is 7.05 Å². The minimum Gasteiger partial charge on any atom is -0.513 e. The summed E-state index contributed by atoms with van der Waals surface area (Å²) in [5.74, 6) is 0.535. The van der Waals surface area contributed by atoms with Gasteiger partial charge in [0.25, 0.3) is 0 Å². The fourth-order valence-corrected chi connectivity index (χ4v) is 0.449. The summed E-state index contributed by atoms with van der Waals surface area (Å²) in [5.41, 5.74) is 0. The number of aromatic nitrogens is 2. The molecule has 0 unspecified atom stereocenters. The van der Waals surface area contributed by atoms with Crippen LogP contribution in [0.3, 0.4) is 0 Å². The van der Waals surface area contributed by atoms with E-state index in [4.69, 9.17) is 4.74 Å². The van der Waals surface area contributed by atoms with Crippen LogP contribution in [0, 0.1) is 6.07 Å². The van der Waals surface area contributed by atoms with Gasteiger partial charge < -0.3 is 15.5 Å². The van der Waals surface area contributed by atoms with E-state index < -0.39 is 0 Å². The first kappa shape index (κ1) is 8.61. The van der Waals surface area contributed by atoms with E-state index in [1.54, 1.807) is 18.0 Å². The van der Waals surface area contributed by atoms with Gasteiger partial charge in [-0.1, -0.05) is 0 Å². The smallest absolute Gasteiger partial charge is 0.513 e. The van der Waals surface area contributed by atoms with Gasteiger partial charge in [-0.15, -0.1) is 0 Å². The van der Waals surface area contributed by atoms with Crippen LogP contribution < -0.4 is 23.6 Å². The maximum absolute atomic E-state index is 4.75. The zero-order valence-electron chi connectivity index (χ0n) is 5.88. The molecule has 0 amide bonds. The van der Waals surface area contributed by atoms with Gasteiger partial charge in [-0.2, -0.15) is 11.3 Å². The predicted octanol–water partition coefficient (Wildman–Crippen LogP) is -2.77. The van der Waals surface area contributed by atoms with E-state index in [1.807, 2.05) is 7.05 Å². The van der Waals surface area contributed by atoms with Crippen LogP contribution in [0.15, 0.2) is 6.20 Å². The molecule has 1 aromatic rings. The summed E-state index contributed by atoms with van der Waals surface area (Å²) in [6, 6.07) is 2.78. The van der Waals surface area contributed by atoms with Crippen LogP contribution >= 0.6 is 0 Å². The summed E-state index contributed by atoms with van der Waals surface area (Å²) in [6.45, 7) is 0. The van der Waals surface area contributed by atoms with Crippen LogP contribution in [-0.2, 0) is 7.05 Å². The molecule has 0 aliphatic heterocycles. The minimum absolute atomic E-state index is 0. The Kier molecular flexibility index (Phi) is 3.44. The van der Waals surface area contributed by atoms with E-state index in [1.165, 1.54) is 0 Å². The van der Waals surface area contributed by atoms with Gasteiger partial charge in [0.15, 0.2) is 0 Å². The largest absolute Gasteiger partial charge is 1.00 e. The molecule has 0 spiro atoms. The molecule has 1 heterocycles. The fraction of sp³-hybridized carbons (Fsp3) is 0.400. The van der Waals surface area contributed by atoms with E-state index in [-0.39, 0.29) is 18.9 Å². The van der Waals surface area contributed by atoms with Crippen molar-refractivity contribution in [3.63, 3.8) is 0 Å². The first-order valence-corrected chi connectivity index (χ1v) is 2.28. The van der Waals surface area contributed by atoms with Crippen LogP contribution in [0.25, 0.3) is 0 Å². The molecule has 3 nitrogen and oxygen atoms in total. The van der Waals surface area contributed by atoms with Crippen molar-refractivity contribution in [2.45, 2.75) is 0 Å². The van der Waals surface area contributed by atoms with Gasteiger partial charge in [-0.3, -0.25) is 0 Å². The second-order valence-corrected chi connectivity index (χ2v) is 1.46. The number of methoxy groups -OCH3 is 1. The van der Waals surface area contributed by atoms with Gasteiger partial charge in [-0.25, -0.2) is 0 Å². The molecule has 44 valence electrons. The molecule has 0 aliphatic carbocycles. The molecule has 0 N–H and O–H groups in total. The van der Waals surface area contributed by atoms with Crippen molar-refractivity contribution in [1.29, 1.82) is 0 Å². The van der Waals surface area contributed by atoms with E-state index in [0.29, 0.717) is 5.88 Å². The van der Waals surface area contributed by atoms with E-state index in [2.05, 4.69) is 11.2 Å². The Bertz CT molecular complexity index is 175. The fourth-order valence-electron chi connectivity index (χ4n) is 0.449. The van der Waals surface area contributed by atoms with Crippen molar-refractivity contribution in [1.82, 2.24) is 9.78 Å². The molecule has 0 aromatic carbocycles. The molecule has 1 aromatic heterocycles. The molecule has 0 bridgehead atoms. The predicted molar refractivity (Wildman–Crippen MR) is 28.6 cm³/mol. The van der Waals surface area contributed by atoms with Gasteiger partial charge in [-0.05, 0) is 0 Å². The summed E-state index contributed by atoms with van der Waals surface area (Å²) < 4.78 is 6.39. The van der Waals surface area contributed by atoms with Crippen LogP contribution in [0.4, 0.5) is 0 Å². The van der Waals surface area contributed by atoms with E-state index in [0.717, 1.165) is 0 Å². The van der Waals surface area contributed by atoms with Gasteiger partial charge >= 0.3 is 18.9 Å². The summed E-state index contributed by atoms with van der Waals surface area (Å²) >= 11 is 0. The zero-order valence-corrected chi connectivity index (χ0v) is 5.88. The number of rotatable bonds is 1. The van der Waals surface area contributed by atoms with Crippen molar-refractivity contribution in [2.75, 3.05) is 7.11 Å². The first-order valence-electron chi connectivity index (χ1n) is 2.28. The SMILES string of the molecule is COc1[c-]cn(C)n1.[Li+]. The van der Waals surface area contributed by atoms with Crippen molar-refractivity contribution >= 4 is 0 Å². The number of nitrogens with zero attached hydrogens (tertiary/aromatic N) is 2. The number of ether oxygens (including phenoxy) is 1. The third kappa shape index (κ3) is 2.13. The molecule has 0 aliphatic rings. The molecule has 9 heavy (non-hydrogen) atoms. The Morgan fingerprint density at radius 1 is 1.78 bits per heavy atom. The van der Waals surface area contributed by atoms with Crippen molar-refractivity contribution < 1.29 is 23.6 Å². The quantitative estimate of drug-likeness (QED) is 0.295. The Morgan fingerprint density at radius 2 is 2.44 bits per heavy atom. The summed E-state index contributed by atoms with van der Waals surface area (Å²) in [5, 5.41) is 3.87. The standard InChI is InChI=1S/C5H7N2O.Li/c1-7-4-3-5(6-7)8-2;/h4H,1-2H3;/q-1;+1. The zero-order chi connectivity index (χ0) is 5.98. The van der Waals surface area contributed by atoms with E-state index in [9.17, 15) is 0 Å². The maximum Gasteiger partial charge on any atom is 1.00 e. The number of hydrogen-bond acceptors (Lipinski definition) is 2. The van der Waals surface area contributed by atoms with Crippen molar-refractivity contribution in [2.24, 2.45) is 7.05 Å². The minimum atomic E-state index is 0. The maximum atomic E-state index is 4.75. The second kappa shape index (κ2) is 3.60. The van der Waals surface area contributed by atoms with Gasteiger partial charge in [0.05, 0.1) is 13.0 Å². The van der Waals surface area contributed by atoms with Crippen molar-refractivity contribution in [3.8, 4) is 5.88 Å². The molecule has 0 atom stereocenters. The van der Waals surface area contributed by atoms with Gasteiger partial charge in [0.1, 0.15) is 0 Å². The Morgan fingerprint density at radius 3 is 2.67 bits per heavy atom. The van der Waals surface area contributed by atoms with Crippen LogP contribution in [0.2, 0.25) is 0 Å². The molecule has 0 radical (unpaired) electrons. The molecular weight excluding hydrogens is 111 g/mol. The van der Waals surface area contributed by atoms with E-state index >= 15 is 0 Å². The molecule has 0 saturated carbocycles. The molecule has 1 rings (SSSR count). The summed E-state index contributed by atoms with van der Waals surface area (Å²) in [4.78, 5) is 0. The monoisotopic (exact) mass is 118 g/mol. The molecule has 0 saturated heterocycles. The summed E-state index contributed by atoms with van der Waals surface area (Å²) in [6.07, 6.45) is 1.71. The molecule has 4 heteroatoms. The Labute approximate surface area is 66.2 Å². The number of aryl methyl sites for hydroxylation is 1. The Balaban J connectivity index is 0.000000640. The normalized spacial score (nSPS) is 8.22. The summed E-state index contributed by atoms with van der Waals surface area (Å²) in [7, 11) is 3.39. The third-order valence-corrected chi connectivity index (χ3v) is 0.817. The van der Waals surface area contributed by atoms with Crippen LogP contribution in [0.5, 0.6) is 5.88 Å². The Hall–Kier alpha value is -0.393. The number of hydrogen-bond donors (Lipinski definition) is 0. The van der Waals surface area contributed by atoms with Crippen LogP contribution in [0.1, 0.15) is 0 Å². The molecule has 0 fully saturated rings. The second-order valence-electron chi connectivity index (χ2n) is 1.46. The molecular formula is C5H7LiN2O. The van der Waals surface area contributed by atoms with Gasteiger partial charge in [0.2, 0.25) is 0 Å². The van der Waals surface area contributed by atoms with Crippen LogP contribution in [-0.4, -0.2) is 16.9 Å².